The van der Waals surface area contributed by atoms with Crippen LogP contribution in [0.5, 0.6) is 0 Å². The quantitative estimate of drug-likeness (QED) is 0.817. The normalized spacial score (nSPS) is 17.7. The highest BCUT2D eigenvalue weighted by Gasteiger charge is 2.27. The first-order valence-electron chi connectivity index (χ1n) is 5.96. The van der Waals surface area contributed by atoms with Gasteiger partial charge >= 0.3 is 0 Å². The SMILES string of the molecule is CC(CC1CC1)NS(=O)(=O)c1ccc(N)cc1Cl. The molecular formula is C12H17ClN2O2S. The zero-order chi connectivity index (χ0) is 13.3. The second kappa shape index (κ2) is 5.07. The molecule has 0 aliphatic heterocycles. The Kier molecular flexibility index (Phi) is 3.84. The number of sulfonamides is 1. The molecule has 6 heteroatoms. The van der Waals surface area contributed by atoms with Crippen LogP contribution in [0.4, 0.5) is 5.69 Å². The summed E-state index contributed by atoms with van der Waals surface area (Å²) < 4.78 is 26.9. The minimum Gasteiger partial charge on any atom is -0.399 e. The molecule has 0 spiro atoms. The Morgan fingerprint density at radius 3 is 2.72 bits per heavy atom. The maximum absolute atomic E-state index is 12.1. The molecule has 4 nitrogen and oxygen atoms in total. The Bertz CT molecular complexity index is 541. The van der Waals surface area contributed by atoms with E-state index < -0.39 is 10.0 Å². The summed E-state index contributed by atoms with van der Waals surface area (Å²) in [7, 11) is -3.56. The number of nitrogen functional groups attached to an aromatic ring is 1. The second-order valence-electron chi connectivity index (χ2n) is 4.89. The van der Waals surface area contributed by atoms with E-state index in [2.05, 4.69) is 4.72 Å². The van der Waals surface area contributed by atoms with Gasteiger partial charge < -0.3 is 5.73 Å². The van der Waals surface area contributed by atoms with Crippen molar-refractivity contribution in [2.24, 2.45) is 5.92 Å². The number of hydrogen-bond donors (Lipinski definition) is 2. The summed E-state index contributed by atoms with van der Waals surface area (Å²) in [5.41, 5.74) is 6.00. The molecule has 1 saturated carbocycles. The van der Waals surface area contributed by atoms with Gasteiger partial charge in [-0.05, 0) is 37.5 Å². The third-order valence-corrected chi connectivity index (χ3v) is 5.06. The molecule has 0 amide bonds. The maximum Gasteiger partial charge on any atom is 0.242 e. The molecule has 1 aliphatic carbocycles. The van der Waals surface area contributed by atoms with Crippen LogP contribution in [0.25, 0.3) is 0 Å². The molecule has 0 heterocycles. The van der Waals surface area contributed by atoms with E-state index in [-0.39, 0.29) is 16.0 Å². The Labute approximate surface area is 113 Å². The van der Waals surface area contributed by atoms with Gasteiger partial charge in [0.05, 0.1) is 5.02 Å². The summed E-state index contributed by atoms with van der Waals surface area (Å²) in [6, 6.07) is 4.34. The first kappa shape index (κ1) is 13.6. The largest absolute Gasteiger partial charge is 0.399 e. The highest BCUT2D eigenvalue weighted by Crippen LogP contribution is 2.34. The summed E-state index contributed by atoms with van der Waals surface area (Å²) in [5, 5.41) is 0.154. The number of benzene rings is 1. The summed E-state index contributed by atoms with van der Waals surface area (Å²) in [4.78, 5) is 0.0843. The monoisotopic (exact) mass is 288 g/mol. The van der Waals surface area contributed by atoms with Crippen molar-refractivity contribution in [3.05, 3.63) is 23.2 Å². The van der Waals surface area contributed by atoms with Crippen molar-refractivity contribution < 1.29 is 8.42 Å². The van der Waals surface area contributed by atoms with E-state index in [0.29, 0.717) is 11.6 Å². The summed E-state index contributed by atoms with van der Waals surface area (Å²) in [6.07, 6.45) is 3.29. The van der Waals surface area contributed by atoms with Gasteiger partial charge in [-0.2, -0.15) is 0 Å². The molecule has 1 aliphatic rings. The number of halogens is 1. The van der Waals surface area contributed by atoms with Gasteiger partial charge in [-0.1, -0.05) is 24.4 Å². The third kappa shape index (κ3) is 3.37. The van der Waals surface area contributed by atoms with Gasteiger partial charge in [-0.3, -0.25) is 0 Å². The van der Waals surface area contributed by atoms with Gasteiger partial charge in [-0.15, -0.1) is 0 Å². The van der Waals surface area contributed by atoms with Crippen LogP contribution in [0, 0.1) is 5.92 Å². The van der Waals surface area contributed by atoms with Crippen molar-refractivity contribution in [1.29, 1.82) is 0 Å². The van der Waals surface area contributed by atoms with E-state index >= 15 is 0 Å². The Morgan fingerprint density at radius 2 is 2.17 bits per heavy atom. The number of nitrogens with one attached hydrogen (secondary N) is 1. The number of anilines is 1. The van der Waals surface area contributed by atoms with Crippen LogP contribution in [0.1, 0.15) is 26.2 Å². The minimum absolute atomic E-state index is 0.0730. The molecule has 0 bridgehead atoms. The third-order valence-electron chi connectivity index (χ3n) is 2.99. The first-order valence-corrected chi connectivity index (χ1v) is 7.82. The van der Waals surface area contributed by atoms with Crippen LogP contribution in [-0.2, 0) is 10.0 Å². The van der Waals surface area contributed by atoms with Crippen molar-refractivity contribution in [1.82, 2.24) is 4.72 Å². The fourth-order valence-electron chi connectivity index (χ4n) is 1.97. The first-order chi connectivity index (χ1) is 8.38. The molecule has 0 radical (unpaired) electrons. The lowest BCUT2D eigenvalue weighted by molar-refractivity contribution is 0.530. The fraction of sp³-hybridized carbons (Fsp3) is 0.500. The van der Waals surface area contributed by atoms with Crippen LogP contribution in [-0.4, -0.2) is 14.5 Å². The van der Waals surface area contributed by atoms with E-state index in [0.717, 1.165) is 6.42 Å². The molecule has 0 saturated heterocycles. The average molecular weight is 289 g/mol. The molecule has 1 aromatic carbocycles. The zero-order valence-electron chi connectivity index (χ0n) is 10.2. The van der Waals surface area contributed by atoms with Crippen LogP contribution < -0.4 is 10.5 Å². The second-order valence-corrected chi connectivity index (χ2v) is 6.98. The summed E-state index contributed by atoms with van der Waals surface area (Å²) in [6.45, 7) is 1.88. The average Bonchev–Trinajstić information content (AvgIpc) is 2.99. The molecule has 1 aromatic rings. The molecule has 1 fully saturated rings. The molecule has 100 valence electrons. The predicted octanol–water partition coefficient (Wildman–Crippen LogP) is 2.39. The summed E-state index contributed by atoms with van der Waals surface area (Å²) >= 11 is 5.92. The van der Waals surface area contributed by atoms with E-state index in [1.54, 1.807) is 0 Å². The Hall–Kier alpha value is -0.780. The van der Waals surface area contributed by atoms with Gasteiger partial charge in [0.2, 0.25) is 10.0 Å². The van der Waals surface area contributed by atoms with Crippen LogP contribution in [0.2, 0.25) is 5.02 Å². The van der Waals surface area contributed by atoms with Crippen LogP contribution in [0.15, 0.2) is 23.1 Å². The number of rotatable bonds is 5. The number of hydrogen-bond acceptors (Lipinski definition) is 3. The Morgan fingerprint density at radius 1 is 1.50 bits per heavy atom. The van der Waals surface area contributed by atoms with Crippen molar-refractivity contribution in [3.8, 4) is 0 Å². The van der Waals surface area contributed by atoms with Gasteiger partial charge in [0.1, 0.15) is 4.90 Å². The van der Waals surface area contributed by atoms with E-state index in [1.165, 1.54) is 31.0 Å². The van der Waals surface area contributed by atoms with Crippen LogP contribution >= 0.6 is 11.6 Å². The molecule has 18 heavy (non-hydrogen) atoms. The lowest BCUT2D eigenvalue weighted by Crippen LogP contribution is -2.33. The van der Waals surface area contributed by atoms with Gasteiger partial charge in [0, 0.05) is 11.7 Å². The van der Waals surface area contributed by atoms with Crippen molar-refractivity contribution in [2.45, 2.75) is 37.1 Å². The Balaban J connectivity index is 2.13. The lowest BCUT2D eigenvalue weighted by atomic mass is 10.2. The molecule has 1 unspecified atom stereocenters. The fourth-order valence-corrected chi connectivity index (χ4v) is 3.77. The van der Waals surface area contributed by atoms with E-state index in [4.69, 9.17) is 17.3 Å². The lowest BCUT2D eigenvalue weighted by Gasteiger charge is -2.14. The number of nitrogens with two attached hydrogens (primary N) is 1. The minimum atomic E-state index is -3.56. The smallest absolute Gasteiger partial charge is 0.242 e. The highest BCUT2D eigenvalue weighted by atomic mass is 35.5. The van der Waals surface area contributed by atoms with Gasteiger partial charge in [0.25, 0.3) is 0 Å². The standard InChI is InChI=1S/C12H17ClN2O2S/c1-8(6-9-2-3-9)15-18(16,17)12-5-4-10(14)7-11(12)13/h4-5,7-9,15H,2-3,6,14H2,1H3. The molecular weight excluding hydrogens is 272 g/mol. The maximum atomic E-state index is 12.1. The van der Waals surface area contributed by atoms with Crippen molar-refractivity contribution >= 4 is 27.3 Å². The predicted molar refractivity (Wildman–Crippen MR) is 73.0 cm³/mol. The topological polar surface area (TPSA) is 72.2 Å². The zero-order valence-corrected chi connectivity index (χ0v) is 11.8. The van der Waals surface area contributed by atoms with Crippen LogP contribution in [0.3, 0.4) is 0 Å². The van der Waals surface area contributed by atoms with E-state index in [1.807, 2.05) is 6.92 Å². The molecule has 0 aromatic heterocycles. The molecule has 3 N–H and O–H groups in total. The van der Waals surface area contributed by atoms with Crippen molar-refractivity contribution in [2.75, 3.05) is 5.73 Å². The van der Waals surface area contributed by atoms with E-state index in [9.17, 15) is 8.42 Å². The highest BCUT2D eigenvalue weighted by molar-refractivity contribution is 7.89. The van der Waals surface area contributed by atoms with Gasteiger partial charge in [-0.25, -0.2) is 13.1 Å². The molecule has 2 rings (SSSR count). The molecule has 1 atom stereocenters. The van der Waals surface area contributed by atoms with Crippen molar-refractivity contribution in [3.63, 3.8) is 0 Å². The summed E-state index contributed by atoms with van der Waals surface area (Å²) in [5.74, 6) is 0.671. The van der Waals surface area contributed by atoms with Gasteiger partial charge in [0.15, 0.2) is 0 Å².